The third-order valence-corrected chi connectivity index (χ3v) is 3.05. The lowest BCUT2D eigenvalue weighted by Crippen LogP contribution is -1.89. The molecule has 0 aliphatic carbocycles. The lowest BCUT2D eigenvalue weighted by atomic mass is 10.1. The van der Waals surface area contributed by atoms with Gasteiger partial charge in [-0.3, -0.25) is 0 Å². The van der Waals surface area contributed by atoms with Gasteiger partial charge in [-0.2, -0.15) is 5.26 Å². The van der Waals surface area contributed by atoms with E-state index >= 15 is 0 Å². The van der Waals surface area contributed by atoms with Crippen molar-refractivity contribution in [2.75, 3.05) is 0 Å². The van der Waals surface area contributed by atoms with Crippen molar-refractivity contribution in [3.63, 3.8) is 0 Å². The van der Waals surface area contributed by atoms with Crippen molar-refractivity contribution >= 4 is 34.8 Å². The number of unbranched alkanes of at least 4 members (excludes halogenated alkanes) is 1. The van der Waals surface area contributed by atoms with Gasteiger partial charge in [0, 0.05) is 11.4 Å². The van der Waals surface area contributed by atoms with Crippen molar-refractivity contribution in [3.8, 4) is 6.07 Å². The molecule has 0 radical (unpaired) electrons. The Labute approximate surface area is 98.2 Å². The van der Waals surface area contributed by atoms with Crippen LogP contribution in [0.5, 0.6) is 0 Å². The predicted octanol–water partition coefficient (Wildman–Crippen LogP) is 4.49. The van der Waals surface area contributed by atoms with Crippen LogP contribution in [0.15, 0.2) is 12.1 Å². The second kappa shape index (κ2) is 5.46. The zero-order valence-corrected chi connectivity index (χ0v) is 9.62. The summed E-state index contributed by atoms with van der Waals surface area (Å²) < 4.78 is 0. The molecule has 4 heteroatoms. The number of benzene rings is 1. The molecule has 1 rings (SSSR count). The first-order valence-corrected chi connectivity index (χ1v) is 5.29. The predicted molar refractivity (Wildman–Crippen MR) is 60.0 cm³/mol. The minimum Gasteiger partial charge on any atom is -0.198 e. The molecule has 0 saturated carbocycles. The van der Waals surface area contributed by atoms with Crippen LogP contribution in [0.3, 0.4) is 0 Å². The molecule has 0 aromatic heterocycles. The third kappa shape index (κ3) is 2.78. The van der Waals surface area contributed by atoms with E-state index in [1.54, 1.807) is 12.1 Å². The molecule has 1 nitrogen and oxygen atoms in total. The first-order valence-electron chi connectivity index (χ1n) is 4.16. The Hall–Kier alpha value is -0.420. The van der Waals surface area contributed by atoms with E-state index in [0.717, 1.165) is 12.0 Å². The number of hydrogen-bond donors (Lipinski definition) is 0. The van der Waals surface area contributed by atoms with Gasteiger partial charge in [0.25, 0.3) is 0 Å². The largest absolute Gasteiger partial charge is 0.198 e. The molecule has 0 fully saturated rings. The van der Waals surface area contributed by atoms with Crippen LogP contribution in [0.25, 0.3) is 0 Å². The average molecular weight is 249 g/mol. The highest BCUT2D eigenvalue weighted by atomic mass is 35.5. The van der Waals surface area contributed by atoms with Gasteiger partial charge in [-0.15, -0.1) is 0 Å². The van der Waals surface area contributed by atoms with E-state index in [4.69, 9.17) is 40.1 Å². The van der Waals surface area contributed by atoms with Gasteiger partial charge in [-0.1, -0.05) is 34.8 Å². The molecule has 0 atom stereocenters. The second-order valence-electron chi connectivity index (χ2n) is 2.83. The van der Waals surface area contributed by atoms with Crippen molar-refractivity contribution in [1.82, 2.24) is 0 Å². The van der Waals surface area contributed by atoms with Gasteiger partial charge in [-0.05, 0) is 30.5 Å². The molecule has 0 heterocycles. The smallest absolute Gasteiger partial charge is 0.0639 e. The summed E-state index contributed by atoms with van der Waals surface area (Å²) in [6.45, 7) is 0. The zero-order chi connectivity index (χ0) is 10.6. The van der Waals surface area contributed by atoms with Crippen LogP contribution in [0.2, 0.25) is 15.1 Å². The summed E-state index contributed by atoms with van der Waals surface area (Å²) in [4.78, 5) is 0. The summed E-state index contributed by atoms with van der Waals surface area (Å²) in [6, 6.07) is 5.46. The lowest BCUT2D eigenvalue weighted by molar-refractivity contribution is 0.851. The highest BCUT2D eigenvalue weighted by Gasteiger charge is 2.08. The van der Waals surface area contributed by atoms with Crippen LogP contribution in [0.1, 0.15) is 18.4 Å². The summed E-state index contributed by atoms with van der Waals surface area (Å²) in [5.41, 5.74) is 0.830. The minimum absolute atomic E-state index is 0.497. The number of hydrogen-bond acceptors (Lipinski definition) is 1. The van der Waals surface area contributed by atoms with Gasteiger partial charge in [0.15, 0.2) is 0 Å². The maximum atomic E-state index is 8.40. The van der Waals surface area contributed by atoms with E-state index < -0.39 is 0 Å². The first-order chi connectivity index (χ1) is 6.66. The number of rotatable bonds is 3. The van der Waals surface area contributed by atoms with Gasteiger partial charge in [0.05, 0.1) is 16.1 Å². The number of nitriles is 1. The Morgan fingerprint density at radius 1 is 1.14 bits per heavy atom. The van der Waals surface area contributed by atoms with Gasteiger partial charge in [0.1, 0.15) is 0 Å². The molecule has 0 aliphatic rings. The van der Waals surface area contributed by atoms with E-state index in [2.05, 4.69) is 6.07 Å². The standard InChI is InChI=1S/C10H8Cl3N/c11-8-4-5-9(12)10(13)7(8)3-1-2-6-14/h4-5H,1-3H2. The number of nitrogens with zero attached hydrogens (tertiary/aromatic N) is 1. The van der Waals surface area contributed by atoms with E-state index in [1.807, 2.05) is 0 Å². The molecule has 0 aliphatic heterocycles. The summed E-state index contributed by atoms with van der Waals surface area (Å²) in [5, 5.41) is 10.0. The topological polar surface area (TPSA) is 23.8 Å². The fraction of sp³-hybridized carbons (Fsp3) is 0.300. The lowest BCUT2D eigenvalue weighted by Gasteiger charge is -2.06. The Bertz CT molecular complexity index is 368. The van der Waals surface area contributed by atoms with Crippen molar-refractivity contribution in [1.29, 1.82) is 5.26 Å². The fourth-order valence-electron chi connectivity index (χ4n) is 1.14. The summed E-state index contributed by atoms with van der Waals surface area (Å²) in [5.74, 6) is 0. The summed E-state index contributed by atoms with van der Waals surface area (Å²) >= 11 is 17.8. The maximum Gasteiger partial charge on any atom is 0.0639 e. The Morgan fingerprint density at radius 3 is 2.43 bits per heavy atom. The SMILES string of the molecule is N#CCCCc1c(Cl)ccc(Cl)c1Cl. The third-order valence-electron chi connectivity index (χ3n) is 1.85. The van der Waals surface area contributed by atoms with E-state index in [9.17, 15) is 0 Å². The molecule has 0 N–H and O–H groups in total. The molecule has 74 valence electrons. The summed E-state index contributed by atoms with van der Waals surface area (Å²) in [7, 11) is 0. The Kier molecular flexibility index (Phi) is 4.54. The normalized spacial score (nSPS) is 9.86. The molecule has 1 aromatic carbocycles. The van der Waals surface area contributed by atoms with Crippen LogP contribution in [0, 0.1) is 11.3 Å². The molecule has 0 amide bonds. The second-order valence-corrected chi connectivity index (χ2v) is 4.03. The van der Waals surface area contributed by atoms with E-state index in [0.29, 0.717) is 27.9 Å². The minimum atomic E-state index is 0.497. The highest BCUT2D eigenvalue weighted by molar-refractivity contribution is 6.44. The molecule has 1 aromatic rings. The zero-order valence-electron chi connectivity index (χ0n) is 7.36. The molecular weight excluding hydrogens is 240 g/mol. The Balaban J connectivity index is 2.85. The maximum absolute atomic E-state index is 8.40. The van der Waals surface area contributed by atoms with Crippen molar-refractivity contribution < 1.29 is 0 Å². The van der Waals surface area contributed by atoms with Gasteiger partial charge in [0.2, 0.25) is 0 Å². The van der Waals surface area contributed by atoms with Crippen molar-refractivity contribution in [2.24, 2.45) is 0 Å². The molecule has 0 bridgehead atoms. The molecule has 14 heavy (non-hydrogen) atoms. The fourth-order valence-corrected chi connectivity index (χ4v) is 1.88. The van der Waals surface area contributed by atoms with Gasteiger partial charge in [-0.25, -0.2) is 0 Å². The quantitative estimate of drug-likeness (QED) is 0.571. The van der Waals surface area contributed by atoms with E-state index in [1.165, 1.54) is 0 Å². The molecule has 0 saturated heterocycles. The monoisotopic (exact) mass is 247 g/mol. The molecule has 0 unspecified atom stereocenters. The van der Waals surface area contributed by atoms with Crippen LogP contribution >= 0.6 is 34.8 Å². The number of halogens is 3. The highest BCUT2D eigenvalue weighted by Crippen LogP contribution is 2.32. The molecular formula is C10H8Cl3N. The van der Waals surface area contributed by atoms with Crippen LogP contribution in [-0.4, -0.2) is 0 Å². The molecule has 0 spiro atoms. The van der Waals surface area contributed by atoms with Gasteiger partial charge >= 0.3 is 0 Å². The van der Waals surface area contributed by atoms with Crippen LogP contribution < -0.4 is 0 Å². The van der Waals surface area contributed by atoms with Gasteiger partial charge < -0.3 is 0 Å². The average Bonchev–Trinajstić information content (AvgIpc) is 2.18. The van der Waals surface area contributed by atoms with Crippen molar-refractivity contribution in [3.05, 3.63) is 32.8 Å². The summed E-state index contributed by atoms with van der Waals surface area (Å²) in [6.07, 6.45) is 1.93. The Morgan fingerprint density at radius 2 is 1.79 bits per heavy atom. The van der Waals surface area contributed by atoms with Crippen molar-refractivity contribution in [2.45, 2.75) is 19.3 Å². The first kappa shape index (κ1) is 11.7. The van der Waals surface area contributed by atoms with E-state index in [-0.39, 0.29) is 0 Å². The van der Waals surface area contributed by atoms with Crippen LogP contribution in [0.4, 0.5) is 0 Å². The van der Waals surface area contributed by atoms with Crippen LogP contribution in [-0.2, 0) is 6.42 Å².